The Morgan fingerprint density at radius 1 is 1.59 bits per heavy atom. The smallest absolute Gasteiger partial charge is 0.255 e. The van der Waals surface area contributed by atoms with Gasteiger partial charge in [-0.25, -0.2) is 0 Å². The van der Waals surface area contributed by atoms with E-state index in [9.17, 15) is 9.90 Å². The zero-order chi connectivity index (χ0) is 12.4. The number of hydrogen-bond donors (Lipinski definition) is 2. The highest BCUT2D eigenvalue weighted by molar-refractivity contribution is 6.33. The van der Waals surface area contributed by atoms with Crippen molar-refractivity contribution >= 4 is 17.5 Å². The monoisotopic (exact) mass is 254 g/mol. The molecule has 1 aliphatic heterocycles. The number of carbonyl (C=O) groups excluding carboxylic acids is 1. The van der Waals surface area contributed by atoms with Crippen molar-refractivity contribution in [2.24, 2.45) is 11.7 Å². The first-order chi connectivity index (χ1) is 8.11. The summed E-state index contributed by atoms with van der Waals surface area (Å²) in [4.78, 5) is 13.9. The third-order valence-corrected chi connectivity index (χ3v) is 3.42. The van der Waals surface area contributed by atoms with E-state index in [0.29, 0.717) is 36.1 Å². The molecule has 0 spiro atoms. The predicted octanol–water partition coefficient (Wildman–Crippen LogP) is 1.47. The molecule has 2 rings (SSSR count). The Kier molecular flexibility index (Phi) is 3.54. The first kappa shape index (κ1) is 12.2. The first-order valence-electron chi connectivity index (χ1n) is 5.59. The summed E-state index contributed by atoms with van der Waals surface area (Å²) in [5.41, 5.74) is 5.94. The van der Waals surface area contributed by atoms with Crippen LogP contribution in [0, 0.1) is 5.92 Å². The Bertz CT molecular complexity index is 437. The molecule has 1 heterocycles. The summed E-state index contributed by atoms with van der Waals surface area (Å²) < 4.78 is 0. The maximum absolute atomic E-state index is 12.2. The van der Waals surface area contributed by atoms with Crippen molar-refractivity contribution in [2.75, 3.05) is 19.6 Å². The van der Waals surface area contributed by atoms with Gasteiger partial charge in [-0.2, -0.15) is 0 Å². The average Bonchev–Trinajstić information content (AvgIpc) is 2.80. The lowest BCUT2D eigenvalue weighted by Gasteiger charge is -2.17. The summed E-state index contributed by atoms with van der Waals surface area (Å²) in [6, 6.07) is 4.40. The molecular weight excluding hydrogens is 240 g/mol. The van der Waals surface area contributed by atoms with Gasteiger partial charge in [0.2, 0.25) is 0 Å². The van der Waals surface area contributed by atoms with Crippen LogP contribution in [-0.2, 0) is 0 Å². The molecule has 0 saturated carbocycles. The fourth-order valence-electron chi connectivity index (χ4n) is 2.06. The van der Waals surface area contributed by atoms with E-state index in [1.807, 2.05) is 0 Å². The molecule has 1 atom stereocenters. The summed E-state index contributed by atoms with van der Waals surface area (Å²) in [6.45, 7) is 1.96. The Hall–Kier alpha value is -1.26. The Morgan fingerprint density at radius 3 is 3.00 bits per heavy atom. The second-order valence-electron chi connectivity index (χ2n) is 4.31. The lowest BCUT2D eigenvalue weighted by molar-refractivity contribution is 0.0787. The first-order valence-corrected chi connectivity index (χ1v) is 5.97. The van der Waals surface area contributed by atoms with Crippen molar-refractivity contribution in [3.63, 3.8) is 0 Å². The van der Waals surface area contributed by atoms with Gasteiger partial charge in [0.05, 0.1) is 10.6 Å². The van der Waals surface area contributed by atoms with Crippen LogP contribution in [0.25, 0.3) is 0 Å². The van der Waals surface area contributed by atoms with Crippen LogP contribution >= 0.6 is 11.6 Å². The van der Waals surface area contributed by atoms with Crippen LogP contribution in [0.1, 0.15) is 16.8 Å². The number of benzene rings is 1. The maximum atomic E-state index is 12.2. The summed E-state index contributed by atoms with van der Waals surface area (Å²) in [5.74, 6) is 0.282. The number of nitrogens with zero attached hydrogens (tertiary/aromatic N) is 1. The molecule has 1 aromatic rings. The highest BCUT2D eigenvalue weighted by atomic mass is 35.5. The molecule has 17 heavy (non-hydrogen) atoms. The molecule has 1 amide bonds. The molecule has 4 nitrogen and oxygen atoms in total. The van der Waals surface area contributed by atoms with Crippen LogP contribution in [0.4, 0.5) is 0 Å². The normalized spacial score (nSPS) is 19.6. The number of halogens is 1. The fourth-order valence-corrected chi connectivity index (χ4v) is 2.26. The quantitative estimate of drug-likeness (QED) is 0.840. The summed E-state index contributed by atoms with van der Waals surface area (Å²) in [6.07, 6.45) is 0.929. The lowest BCUT2D eigenvalue weighted by Crippen LogP contribution is -2.30. The van der Waals surface area contributed by atoms with E-state index in [4.69, 9.17) is 17.3 Å². The molecule has 92 valence electrons. The number of aromatic hydroxyl groups is 1. The number of hydrogen-bond acceptors (Lipinski definition) is 3. The number of likely N-dealkylation sites (tertiary alicyclic amines) is 1. The van der Waals surface area contributed by atoms with Gasteiger partial charge in [0.1, 0.15) is 5.75 Å². The number of amides is 1. The fraction of sp³-hybridized carbons (Fsp3) is 0.417. The van der Waals surface area contributed by atoms with Crippen molar-refractivity contribution < 1.29 is 9.90 Å². The molecule has 0 bridgehead atoms. The number of carbonyl (C=O) groups is 1. The van der Waals surface area contributed by atoms with Gasteiger partial charge in [-0.1, -0.05) is 11.6 Å². The standard InChI is InChI=1S/C12H15ClN2O2/c13-11-2-1-9(16)5-10(11)12(17)15-4-3-8(6-14)7-15/h1-2,5,8,16H,3-4,6-7,14H2. The molecule has 5 heteroatoms. The second kappa shape index (κ2) is 4.94. The number of nitrogens with two attached hydrogens (primary N) is 1. The summed E-state index contributed by atoms with van der Waals surface area (Å²) in [7, 11) is 0. The van der Waals surface area contributed by atoms with Gasteiger partial charge in [-0.15, -0.1) is 0 Å². The van der Waals surface area contributed by atoms with Crippen molar-refractivity contribution in [2.45, 2.75) is 6.42 Å². The van der Waals surface area contributed by atoms with E-state index < -0.39 is 0 Å². The molecule has 1 fully saturated rings. The molecule has 1 saturated heterocycles. The minimum Gasteiger partial charge on any atom is -0.508 e. The summed E-state index contributed by atoms with van der Waals surface area (Å²) in [5, 5.41) is 9.74. The van der Waals surface area contributed by atoms with Gasteiger partial charge in [0, 0.05) is 13.1 Å². The highest BCUT2D eigenvalue weighted by Crippen LogP contribution is 2.25. The van der Waals surface area contributed by atoms with Crippen molar-refractivity contribution in [3.05, 3.63) is 28.8 Å². The molecule has 0 aliphatic carbocycles. The molecule has 1 unspecified atom stereocenters. The average molecular weight is 255 g/mol. The third-order valence-electron chi connectivity index (χ3n) is 3.09. The second-order valence-corrected chi connectivity index (χ2v) is 4.71. The van der Waals surface area contributed by atoms with E-state index in [1.165, 1.54) is 18.2 Å². The van der Waals surface area contributed by atoms with Crippen LogP contribution < -0.4 is 5.73 Å². The number of phenolic OH excluding ortho intramolecular Hbond substituents is 1. The van der Waals surface area contributed by atoms with Crippen LogP contribution in [0.2, 0.25) is 5.02 Å². The molecule has 0 radical (unpaired) electrons. The molecule has 1 aliphatic rings. The number of rotatable bonds is 2. The van der Waals surface area contributed by atoms with Gasteiger partial charge < -0.3 is 15.7 Å². The lowest BCUT2D eigenvalue weighted by atomic mass is 10.1. The van der Waals surface area contributed by atoms with Crippen LogP contribution in [0.3, 0.4) is 0 Å². The SMILES string of the molecule is NCC1CCN(C(=O)c2cc(O)ccc2Cl)C1. The van der Waals surface area contributed by atoms with E-state index >= 15 is 0 Å². The van der Waals surface area contributed by atoms with Crippen molar-refractivity contribution in [1.29, 1.82) is 0 Å². The molecule has 1 aromatic carbocycles. The molecule has 3 N–H and O–H groups in total. The van der Waals surface area contributed by atoms with Crippen molar-refractivity contribution in [3.8, 4) is 5.75 Å². The Balaban J connectivity index is 2.17. The van der Waals surface area contributed by atoms with E-state index in [2.05, 4.69) is 0 Å². The van der Waals surface area contributed by atoms with E-state index in [1.54, 1.807) is 4.90 Å². The van der Waals surface area contributed by atoms with E-state index in [-0.39, 0.29) is 11.7 Å². The maximum Gasteiger partial charge on any atom is 0.255 e. The van der Waals surface area contributed by atoms with Crippen molar-refractivity contribution in [1.82, 2.24) is 4.90 Å². The van der Waals surface area contributed by atoms with E-state index in [0.717, 1.165) is 6.42 Å². The molecular formula is C12H15ClN2O2. The van der Waals surface area contributed by atoms with Gasteiger partial charge >= 0.3 is 0 Å². The molecule has 0 aromatic heterocycles. The largest absolute Gasteiger partial charge is 0.508 e. The number of phenols is 1. The van der Waals surface area contributed by atoms with Gasteiger partial charge in [0.15, 0.2) is 0 Å². The van der Waals surface area contributed by atoms with Crippen LogP contribution in [0.15, 0.2) is 18.2 Å². The highest BCUT2D eigenvalue weighted by Gasteiger charge is 2.27. The topological polar surface area (TPSA) is 66.6 Å². The predicted molar refractivity (Wildman–Crippen MR) is 66.2 cm³/mol. The zero-order valence-corrected chi connectivity index (χ0v) is 10.2. The zero-order valence-electron chi connectivity index (χ0n) is 9.40. The third kappa shape index (κ3) is 2.53. The van der Waals surface area contributed by atoms with Gasteiger partial charge in [0.25, 0.3) is 5.91 Å². The van der Waals surface area contributed by atoms with Gasteiger partial charge in [-0.05, 0) is 37.1 Å². The van der Waals surface area contributed by atoms with Crippen LogP contribution in [-0.4, -0.2) is 35.5 Å². The summed E-state index contributed by atoms with van der Waals surface area (Å²) >= 11 is 5.96. The minimum absolute atomic E-state index is 0.0484. The van der Waals surface area contributed by atoms with Gasteiger partial charge in [-0.3, -0.25) is 4.79 Å². The Labute approximate surface area is 105 Å². The van der Waals surface area contributed by atoms with Crippen LogP contribution in [0.5, 0.6) is 5.75 Å². The Morgan fingerprint density at radius 2 is 2.35 bits per heavy atom. The minimum atomic E-state index is -0.137.